The van der Waals surface area contributed by atoms with Gasteiger partial charge in [-0.1, -0.05) is 12.1 Å². The van der Waals surface area contributed by atoms with Crippen molar-refractivity contribution in [3.8, 4) is 0 Å². The Hall–Kier alpha value is -0.970. The van der Waals surface area contributed by atoms with Crippen LogP contribution in [0.25, 0.3) is 0 Å². The molecule has 1 N–H and O–H groups in total. The van der Waals surface area contributed by atoms with Crippen molar-refractivity contribution in [1.29, 1.82) is 0 Å². The fourth-order valence-corrected chi connectivity index (χ4v) is 3.75. The molecule has 3 unspecified atom stereocenters. The Balaban J connectivity index is 1.58. The van der Waals surface area contributed by atoms with E-state index >= 15 is 0 Å². The second-order valence-electron chi connectivity index (χ2n) is 6.12. The Morgan fingerprint density at radius 3 is 2.90 bits per heavy atom. The molecule has 4 heteroatoms. The molecular weight excluding hydrogens is 267 g/mol. The molecule has 1 aromatic rings. The minimum Gasteiger partial charge on any atom is -0.375 e. The largest absolute Gasteiger partial charge is 0.375 e. The Labute approximate surface area is 126 Å². The molecule has 0 bridgehead atoms. The summed E-state index contributed by atoms with van der Waals surface area (Å²) in [4.78, 5) is 2.59. The van der Waals surface area contributed by atoms with Gasteiger partial charge in [-0.3, -0.25) is 4.90 Å². The quantitative estimate of drug-likeness (QED) is 0.903. The fourth-order valence-electron chi connectivity index (χ4n) is 3.75. The summed E-state index contributed by atoms with van der Waals surface area (Å²) in [6, 6.07) is 7.75. The zero-order valence-electron chi connectivity index (χ0n) is 12.7. The molecular formula is C17H25FN2O. The van der Waals surface area contributed by atoms with Crippen LogP contribution >= 0.6 is 0 Å². The van der Waals surface area contributed by atoms with Gasteiger partial charge in [0.15, 0.2) is 0 Å². The maximum atomic E-state index is 13.0. The topological polar surface area (TPSA) is 24.5 Å². The van der Waals surface area contributed by atoms with Crippen molar-refractivity contribution >= 4 is 0 Å². The van der Waals surface area contributed by atoms with Crippen LogP contribution in [0.2, 0.25) is 0 Å². The van der Waals surface area contributed by atoms with Crippen molar-refractivity contribution in [3.63, 3.8) is 0 Å². The first-order valence-corrected chi connectivity index (χ1v) is 8.06. The summed E-state index contributed by atoms with van der Waals surface area (Å²) in [6.45, 7) is 2.98. The lowest BCUT2D eigenvalue weighted by molar-refractivity contribution is -0.0563. The van der Waals surface area contributed by atoms with Gasteiger partial charge in [-0.05, 0) is 50.4 Å². The molecule has 2 fully saturated rings. The van der Waals surface area contributed by atoms with E-state index in [1.165, 1.54) is 19.3 Å². The predicted octanol–water partition coefficient (Wildman–Crippen LogP) is 2.73. The Kier molecular flexibility index (Phi) is 4.88. The summed E-state index contributed by atoms with van der Waals surface area (Å²) in [5.41, 5.74) is 1.16. The molecule has 3 rings (SSSR count). The average Bonchev–Trinajstić information content (AvgIpc) is 2.99. The van der Waals surface area contributed by atoms with Crippen LogP contribution < -0.4 is 5.32 Å². The van der Waals surface area contributed by atoms with E-state index < -0.39 is 0 Å². The van der Waals surface area contributed by atoms with Crippen LogP contribution in [0.4, 0.5) is 4.39 Å². The van der Waals surface area contributed by atoms with Gasteiger partial charge in [0.2, 0.25) is 0 Å². The number of fused-ring (bicyclic) bond motifs is 1. The first-order chi connectivity index (χ1) is 10.3. The molecule has 0 radical (unpaired) electrons. The molecule has 1 saturated heterocycles. The number of hydrogen-bond donors (Lipinski definition) is 1. The Morgan fingerprint density at radius 2 is 2.14 bits per heavy atom. The molecule has 1 heterocycles. The number of hydrogen-bond acceptors (Lipinski definition) is 3. The van der Waals surface area contributed by atoms with Crippen LogP contribution in [0, 0.1) is 5.82 Å². The van der Waals surface area contributed by atoms with Crippen LogP contribution in [-0.2, 0) is 4.74 Å². The minimum absolute atomic E-state index is 0.171. The number of rotatable bonds is 5. The van der Waals surface area contributed by atoms with Crippen LogP contribution in [0.5, 0.6) is 0 Å². The van der Waals surface area contributed by atoms with Crippen molar-refractivity contribution in [2.75, 3.05) is 26.7 Å². The van der Waals surface area contributed by atoms with E-state index in [9.17, 15) is 4.39 Å². The highest BCUT2D eigenvalue weighted by molar-refractivity contribution is 5.19. The molecule has 1 saturated carbocycles. The number of ether oxygens (including phenoxy) is 1. The SMILES string of the molecule is CNC(CCN1CCOC2CCCC21)c1ccc(F)cc1. The van der Waals surface area contributed by atoms with E-state index in [0.29, 0.717) is 12.1 Å². The number of benzene rings is 1. The number of nitrogens with one attached hydrogen (secondary N) is 1. The molecule has 1 aromatic carbocycles. The molecule has 0 aromatic heterocycles. The molecule has 2 aliphatic rings. The maximum Gasteiger partial charge on any atom is 0.123 e. The zero-order chi connectivity index (χ0) is 14.7. The summed E-state index contributed by atoms with van der Waals surface area (Å²) in [5, 5.41) is 3.36. The maximum absolute atomic E-state index is 13.0. The van der Waals surface area contributed by atoms with Gasteiger partial charge in [0.25, 0.3) is 0 Å². The van der Waals surface area contributed by atoms with E-state index in [0.717, 1.165) is 31.7 Å². The highest BCUT2D eigenvalue weighted by atomic mass is 19.1. The molecule has 21 heavy (non-hydrogen) atoms. The van der Waals surface area contributed by atoms with E-state index in [4.69, 9.17) is 4.74 Å². The van der Waals surface area contributed by atoms with Gasteiger partial charge in [0.1, 0.15) is 5.82 Å². The lowest BCUT2D eigenvalue weighted by Crippen LogP contribution is -2.49. The van der Waals surface area contributed by atoms with E-state index in [-0.39, 0.29) is 11.9 Å². The van der Waals surface area contributed by atoms with Crippen LogP contribution in [0.15, 0.2) is 24.3 Å². The number of nitrogens with zero attached hydrogens (tertiary/aromatic N) is 1. The molecule has 3 atom stereocenters. The van der Waals surface area contributed by atoms with Crippen molar-refractivity contribution in [2.24, 2.45) is 0 Å². The standard InChI is InChI=1S/C17H25FN2O/c1-19-15(13-5-7-14(18)8-6-13)9-10-20-11-12-21-17-4-2-3-16(17)20/h5-8,15-17,19H,2-4,9-12H2,1H3. The molecule has 3 nitrogen and oxygen atoms in total. The Morgan fingerprint density at radius 1 is 1.33 bits per heavy atom. The van der Waals surface area contributed by atoms with Gasteiger partial charge < -0.3 is 10.1 Å². The number of morpholine rings is 1. The van der Waals surface area contributed by atoms with Gasteiger partial charge >= 0.3 is 0 Å². The molecule has 116 valence electrons. The average molecular weight is 292 g/mol. The summed E-state index contributed by atoms with van der Waals surface area (Å²) in [7, 11) is 1.98. The monoisotopic (exact) mass is 292 g/mol. The highest BCUT2D eigenvalue weighted by Gasteiger charge is 2.35. The summed E-state index contributed by atoms with van der Waals surface area (Å²) >= 11 is 0. The molecule has 1 aliphatic heterocycles. The van der Waals surface area contributed by atoms with Crippen LogP contribution in [0.1, 0.15) is 37.3 Å². The third kappa shape index (κ3) is 3.44. The lowest BCUT2D eigenvalue weighted by Gasteiger charge is -2.38. The molecule has 0 spiro atoms. The van der Waals surface area contributed by atoms with Gasteiger partial charge in [-0.2, -0.15) is 0 Å². The van der Waals surface area contributed by atoms with Crippen molar-refractivity contribution in [3.05, 3.63) is 35.6 Å². The van der Waals surface area contributed by atoms with E-state index in [2.05, 4.69) is 10.2 Å². The first-order valence-electron chi connectivity index (χ1n) is 8.06. The van der Waals surface area contributed by atoms with E-state index in [1.807, 2.05) is 19.2 Å². The lowest BCUT2D eigenvalue weighted by atomic mass is 10.0. The summed E-state index contributed by atoms with van der Waals surface area (Å²) in [6.07, 6.45) is 5.28. The first kappa shape index (κ1) is 14.9. The highest BCUT2D eigenvalue weighted by Crippen LogP contribution is 2.30. The van der Waals surface area contributed by atoms with Crippen LogP contribution in [0.3, 0.4) is 0 Å². The third-order valence-electron chi connectivity index (χ3n) is 4.92. The van der Waals surface area contributed by atoms with Gasteiger partial charge in [-0.15, -0.1) is 0 Å². The third-order valence-corrected chi connectivity index (χ3v) is 4.92. The van der Waals surface area contributed by atoms with Gasteiger partial charge in [0.05, 0.1) is 12.7 Å². The Bertz CT molecular complexity index is 451. The van der Waals surface area contributed by atoms with Crippen LogP contribution in [-0.4, -0.2) is 43.8 Å². The van der Waals surface area contributed by atoms with Crippen molar-refractivity contribution in [2.45, 2.75) is 43.9 Å². The zero-order valence-corrected chi connectivity index (χ0v) is 12.7. The summed E-state index contributed by atoms with van der Waals surface area (Å²) < 4.78 is 18.9. The summed E-state index contributed by atoms with van der Waals surface area (Å²) in [5.74, 6) is -0.171. The normalized spacial score (nSPS) is 27.5. The minimum atomic E-state index is -0.171. The second-order valence-corrected chi connectivity index (χ2v) is 6.12. The smallest absolute Gasteiger partial charge is 0.123 e. The molecule has 1 aliphatic carbocycles. The van der Waals surface area contributed by atoms with Gasteiger partial charge in [-0.25, -0.2) is 4.39 Å². The fraction of sp³-hybridized carbons (Fsp3) is 0.647. The number of halogens is 1. The predicted molar refractivity (Wildman–Crippen MR) is 81.8 cm³/mol. The van der Waals surface area contributed by atoms with Crippen molar-refractivity contribution in [1.82, 2.24) is 10.2 Å². The second kappa shape index (κ2) is 6.86. The van der Waals surface area contributed by atoms with Crippen molar-refractivity contribution < 1.29 is 9.13 Å². The van der Waals surface area contributed by atoms with E-state index in [1.54, 1.807) is 12.1 Å². The van der Waals surface area contributed by atoms with Gasteiger partial charge in [0, 0.05) is 25.2 Å². The molecule has 0 amide bonds.